The SMILES string of the molecule is CO[Si](CCCNC(=O)OC(C)c1cc(OCCC[Si](C)(C)O[Si](C)(C)O[Si](C)(C)C)c(OCCC[Si](C)(C)O[Si](C)(C)O[Si](C)(C)C)cc1[N+](=O)[O-])(OC)OC. The highest BCUT2D eigenvalue weighted by molar-refractivity contribution is 6.88. The van der Waals surface area contributed by atoms with Gasteiger partial charge in [0.1, 0.15) is 6.10 Å². The van der Waals surface area contributed by atoms with Crippen LogP contribution in [0.5, 0.6) is 11.5 Å². The van der Waals surface area contributed by atoms with Crippen molar-refractivity contribution in [2.24, 2.45) is 0 Å². The molecular weight excluding hydrogens is 853 g/mol. The molecule has 1 amide bonds. The predicted molar refractivity (Wildman–Crippen MR) is 243 cm³/mol. The molecule has 0 aliphatic rings. The number of amides is 1. The van der Waals surface area contributed by atoms with Crippen LogP contribution >= 0.6 is 0 Å². The van der Waals surface area contributed by atoms with Gasteiger partial charge in [-0.1, -0.05) is 0 Å². The molecule has 0 spiro atoms. The van der Waals surface area contributed by atoms with Crippen LogP contribution in [0, 0.1) is 10.1 Å². The summed E-state index contributed by atoms with van der Waals surface area (Å²) in [4.78, 5) is 24.7. The van der Waals surface area contributed by atoms with Gasteiger partial charge in [-0.2, -0.15) is 0 Å². The lowest BCUT2D eigenvalue weighted by molar-refractivity contribution is -0.386. The topological polar surface area (TPSA) is 165 Å². The van der Waals surface area contributed by atoms with E-state index in [4.69, 9.17) is 43.9 Å². The average molecular weight is 930 g/mol. The summed E-state index contributed by atoms with van der Waals surface area (Å²) in [5, 5.41) is 15.1. The molecule has 1 rings (SSSR count). The van der Waals surface area contributed by atoms with Crippen LogP contribution in [0.2, 0.25) is 110 Å². The molecule has 0 fully saturated rings. The van der Waals surface area contributed by atoms with Crippen molar-refractivity contribution in [3.05, 3.63) is 27.8 Å². The standard InChI is InChI=1S/C35H76N2O13Si7/c1-30(46-35(38)36-22-19-27-57(41-2,42-3)43-4)31-28-33(44-23-20-25-53(11,12)49-55(15,16)47-51(5,6)7)34(29-32(31)37(39)40)45-24-21-26-54(13,14)50-56(17,18)48-52(8,9)10/h28-30H,19-27H2,1-18H3,(H,36,38). The number of carbonyl (C=O) groups excluding carboxylic acids is 1. The van der Waals surface area contributed by atoms with Crippen LogP contribution < -0.4 is 14.8 Å². The number of alkyl carbamates (subject to hydrolysis) is 1. The molecule has 1 aromatic rings. The van der Waals surface area contributed by atoms with Crippen LogP contribution in [0.3, 0.4) is 0 Å². The van der Waals surface area contributed by atoms with Gasteiger partial charge in [0.25, 0.3) is 5.69 Å². The zero-order chi connectivity index (χ0) is 44.1. The molecule has 57 heavy (non-hydrogen) atoms. The number of nitro benzene ring substituents is 1. The first-order chi connectivity index (χ1) is 25.9. The Morgan fingerprint density at radius 2 is 1.09 bits per heavy atom. The van der Waals surface area contributed by atoms with Gasteiger partial charge in [0, 0.05) is 33.9 Å². The maximum atomic E-state index is 12.8. The fourth-order valence-corrected chi connectivity index (χ4v) is 35.0. The van der Waals surface area contributed by atoms with Gasteiger partial charge < -0.3 is 49.3 Å². The minimum atomic E-state index is -2.80. The van der Waals surface area contributed by atoms with E-state index >= 15 is 0 Å². The summed E-state index contributed by atoms with van der Waals surface area (Å²) >= 11 is 0. The third-order valence-corrected chi connectivity index (χ3v) is 31.5. The first-order valence-electron chi connectivity index (χ1n) is 19.9. The van der Waals surface area contributed by atoms with Crippen LogP contribution in [0.15, 0.2) is 12.1 Å². The van der Waals surface area contributed by atoms with Gasteiger partial charge in [-0.15, -0.1) is 0 Å². The summed E-state index contributed by atoms with van der Waals surface area (Å²) in [5.41, 5.74) is -0.0487. The second-order valence-electron chi connectivity index (χ2n) is 18.3. The van der Waals surface area contributed by atoms with E-state index in [1.54, 1.807) is 13.0 Å². The van der Waals surface area contributed by atoms with Crippen LogP contribution in [-0.2, 0) is 34.5 Å². The number of nitrogens with zero attached hydrogens (tertiary/aromatic N) is 1. The quantitative estimate of drug-likeness (QED) is 0.0366. The Kier molecular flexibility index (Phi) is 21.2. The Morgan fingerprint density at radius 1 is 0.667 bits per heavy atom. The van der Waals surface area contributed by atoms with Crippen molar-refractivity contribution in [2.75, 3.05) is 41.1 Å². The Bertz CT molecular complexity index is 1410. The number of ether oxygens (including phenoxy) is 3. The van der Waals surface area contributed by atoms with Gasteiger partial charge in [0.15, 0.2) is 44.8 Å². The van der Waals surface area contributed by atoms with Crippen molar-refractivity contribution in [1.82, 2.24) is 5.32 Å². The van der Waals surface area contributed by atoms with Crippen molar-refractivity contribution in [1.29, 1.82) is 0 Å². The highest BCUT2D eigenvalue weighted by Gasteiger charge is 2.40. The zero-order valence-electron chi connectivity index (χ0n) is 38.4. The van der Waals surface area contributed by atoms with Crippen LogP contribution in [0.1, 0.15) is 37.9 Å². The lowest BCUT2D eigenvalue weighted by atomic mass is 10.1. The second-order valence-corrected chi connectivity index (χ2v) is 46.8. The van der Waals surface area contributed by atoms with Gasteiger partial charge in [-0.05, 0) is 136 Å². The zero-order valence-corrected chi connectivity index (χ0v) is 45.4. The predicted octanol–water partition coefficient (Wildman–Crippen LogP) is 9.74. The second kappa shape index (κ2) is 22.5. The summed E-state index contributed by atoms with van der Waals surface area (Å²) in [6, 6.07) is 5.06. The molecule has 0 saturated heterocycles. The van der Waals surface area contributed by atoms with Gasteiger partial charge in [-0.25, -0.2) is 4.79 Å². The number of hydrogen-bond donors (Lipinski definition) is 1. The highest BCUT2D eigenvalue weighted by Crippen LogP contribution is 2.39. The molecule has 0 saturated carbocycles. The maximum absolute atomic E-state index is 12.8. The van der Waals surface area contributed by atoms with E-state index in [1.807, 2.05) is 0 Å². The smallest absolute Gasteiger partial charge is 0.490 e. The molecule has 15 nitrogen and oxygen atoms in total. The van der Waals surface area contributed by atoms with Crippen LogP contribution in [0.4, 0.5) is 10.5 Å². The van der Waals surface area contributed by atoms with Crippen molar-refractivity contribution in [3.63, 3.8) is 0 Å². The largest absolute Gasteiger partial charge is 0.500 e. The van der Waals surface area contributed by atoms with E-state index in [0.717, 1.165) is 12.1 Å². The molecule has 0 aromatic heterocycles. The Balaban J connectivity index is 3.22. The van der Waals surface area contributed by atoms with E-state index < -0.39 is 76.3 Å². The summed E-state index contributed by atoms with van der Waals surface area (Å²) in [7, 11) is -10.6. The van der Waals surface area contributed by atoms with E-state index in [0.29, 0.717) is 44.3 Å². The van der Waals surface area contributed by atoms with E-state index in [1.165, 1.54) is 27.4 Å². The lowest BCUT2D eigenvalue weighted by Gasteiger charge is -2.37. The number of nitro groups is 1. The minimum absolute atomic E-state index is 0.188. The maximum Gasteiger partial charge on any atom is 0.500 e. The molecule has 0 heterocycles. The third-order valence-electron chi connectivity index (χ3n) is 8.38. The summed E-state index contributed by atoms with van der Waals surface area (Å²) in [5.74, 6) is 0.597. The first kappa shape index (κ1) is 53.7. The fraction of sp³-hybridized carbons (Fsp3) is 0.800. The summed E-state index contributed by atoms with van der Waals surface area (Å²) in [6.07, 6.45) is 0.214. The summed E-state index contributed by atoms with van der Waals surface area (Å²) < 4.78 is 60.7. The van der Waals surface area contributed by atoms with E-state index in [2.05, 4.69) is 97.0 Å². The normalized spacial score (nSPS) is 14.0. The van der Waals surface area contributed by atoms with Crippen molar-refractivity contribution < 1.29 is 53.7 Å². The van der Waals surface area contributed by atoms with Gasteiger partial charge in [0.2, 0.25) is 0 Å². The molecule has 0 radical (unpaired) electrons. The Hall–Kier alpha value is -1.27. The number of nitrogens with one attached hydrogen (secondary N) is 1. The Morgan fingerprint density at radius 3 is 1.47 bits per heavy atom. The monoisotopic (exact) mass is 928 g/mol. The van der Waals surface area contributed by atoms with Gasteiger partial charge >= 0.3 is 32.0 Å². The highest BCUT2D eigenvalue weighted by atomic mass is 28.5. The van der Waals surface area contributed by atoms with E-state index in [9.17, 15) is 14.9 Å². The third kappa shape index (κ3) is 21.7. The lowest BCUT2D eigenvalue weighted by Crippen LogP contribution is -2.51. The molecule has 332 valence electrons. The van der Waals surface area contributed by atoms with Crippen LogP contribution in [-0.4, -0.2) is 111 Å². The fourth-order valence-electron chi connectivity index (χ4n) is 6.90. The molecular formula is C35H76N2O13Si7. The van der Waals surface area contributed by atoms with Gasteiger partial charge in [-0.3, -0.25) is 10.1 Å². The molecule has 0 aliphatic heterocycles. The number of benzene rings is 1. The molecule has 1 aromatic carbocycles. The minimum Gasteiger partial charge on any atom is -0.490 e. The average Bonchev–Trinajstić information content (AvgIpc) is 3.02. The van der Waals surface area contributed by atoms with Crippen molar-refractivity contribution >= 4 is 71.0 Å². The number of rotatable bonds is 28. The first-order valence-corrected chi connectivity index (χ1v) is 40.5. The molecule has 0 aliphatic carbocycles. The van der Waals surface area contributed by atoms with Gasteiger partial charge in [0.05, 0.1) is 29.8 Å². The number of hydrogen-bond acceptors (Lipinski definition) is 13. The number of carbonyl (C=O) groups is 1. The summed E-state index contributed by atoms with van der Waals surface area (Å²) in [6.45, 7) is 32.7. The molecule has 1 N–H and O–H groups in total. The van der Waals surface area contributed by atoms with E-state index in [-0.39, 0.29) is 23.5 Å². The molecule has 22 heteroatoms. The molecule has 0 bridgehead atoms. The van der Waals surface area contributed by atoms with Crippen molar-refractivity contribution in [3.8, 4) is 11.5 Å². The van der Waals surface area contributed by atoms with Crippen molar-refractivity contribution in [2.45, 2.75) is 142 Å². The Labute approximate surface area is 351 Å². The van der Waals surface area contributed by atoms with Crippen LogP contribution in [0.25, 0.3) is 0 Å². The molecule has 1 atom stereocenters. The molecule has 1 unspecified atom stereocenters.